The molecule has 0 atom stereocenters. The number of esters is 1. The third kappa shape index (κ3) is 4.03. The largest absolute Gasteiger partial charge is 0.454 e. The molecule has 0 radical (unpaired) electrons. The standard InChI is InChI=1S/C19H17ClN2O3S/c1-12-8-9-16(26-12)15(23)11-25-19(24)17-13(2)21-22(18(17)20)10-14-6-4-3-5-7-14/h3-9H,10-11H2,1-2H3. The first-order chi connectivity index (χ1) is 12.5. The van der Waals surface area contributed by atoms with E-state index in [1.807, 2.05) is 43.3 Å². The molecule has 3 aromatic rings. The molecule has 0 saturated carbocycles. The second-order valence-corrected chi connectivity index (χ2v) is 7.45. The van der Waals surface area contributed by atoms with Crippen LogP contribution in [-0.4, -0.2) is 28.1 Å². The lowest BCUT2D eigenvalue weighted by Crippen LogP contribution is -2.14. The second-order valence-electron chi connectivity index (χ2n) is 5.80. The number of ketones is 1. The fraction of sp³-hybridized carbons (Fsp3) is 0.211. The van der Waals surface area contributed by atoms with Gasteiger partial charge in [-0.15, -0.1) is 11.3 Å². The number of ether oxygens (including phenoxy) is 1. The lowest BCUT2D eigenvalue weighted by atomic mass is 10.2. The van der Waals surface area contributed by atoms with Crippen molar-refractivity contribution in [1.29, 1.82) is 0 Å². The van der Waals surface area contributed by atoms with E-state index in [0.29, 0.717) is 17.1 Å². The summed E-state index contributed by atoms with van der Waals surface area (Å²) in [6.07, 6.45) is 0. The van der Waals surface area contributed by atoms with Crippen LogP contribution in [0, 0.1) is 13.8 Å². The van der Waals surface area contributed by atoms with E-state index in [0.717, 1.165) is 10.4 Å². The molecule has 0 saturated heterocycles. The molecule has 0 spiro atoms. The molecule has 0 N–H and O–H groups in total. The van der Waals surface area contributed by atoms with Gasteiger partial charge in [-0.25, -0.2) is 9.48 Å². The number of Topliss-reactive ketones (excluding diaryl/α,β-unsaturated/α-hetero) is 1. The van der Waals surface area contributed by atoms with Gasteiger partial charge < -0.3 is 4.74 Å². The van der Waals surface area contributed by atoms with Crippen molar-refractivity contribution in [3.63, 3.8) is 0 Å². The number of halogens is 1. The number of nitrogens with zero attached hydrogens (tertiary/aromatic N) is 2. The summed E-state index contributed by atoms with van der Waals surface area (Å²) in [5.74, 6) is -0.879. The van der Waals surface area contributed by atoms with Crippen molar-refractivity contribution in [2.75, 3.05) is 6.61 Å². The van der Waals surface area contributed by atoms with Crippen LogP contribution < -0.4 is 0 Å². The number of hydrogen-bond donors (Lipinski definition) is 0. The smallest absolute Gasteiger partial charge is 0.343 e. The van der Waals surface area contributed by atoms with Crippen LogP contribution in [0.2, 0.25) is 5.15 Å². The first kappa shape index (κ1) is 18.4. The van der Waals surface area contributed by atoms with E-state index >= 15 is 0 Å². The Morgan fingerprint density at radius 1 is 1.15 bits per heavy atom. The van der Waals surface area contributed by atoms with Gasteiger partial charge in [-0.1, -0.05) is 41.9 Å². The van der Waals surface area contributed by atoms with E-state index in [4.69, 9.17) is 16.3 Å². The predicted molar refractivity (Wildman–Crippen MR) is 101 cm³/mol. The Morgan fingerprint density at radius 2 is 1.88 bits per heavy atom. The summed E-state index contributed by atoms with van der Waals surface area (Å²) in [4.78, 5) is 26.1. The van der Waals surface area contributed by atoms with Gasteiger partial charge >= 0.3 is 5.97 Å². The van der Waals surface area contributed by atoms with Gasteiger partial charge in [-0.2, -0.15) is 5.10 Å². The maximum Gasteiger partial charge on any atom is 0.343 e. The monoisotopic (exact) mass is 388 g/mol. The molecule has 7 heteroatoms. The minimum absolute atomic E-state index is 0.192. The molecule has 0 bridgehead atoms. The van der Waals surface area contributed by atoms with Gasteiger partial charge in [0.25, 0.3) is 0 Å². The van der Waals surface area contributed by atoms with E-state index < -0.39 is 5.97 Å². The molecular formula is C19H17ClN2O3S. The molecule has 1 aromatic carbocycles. The lowest BCUT2D eigenvalue weighted by molar-refractivity contribution is 0.0475. The normalized spacial score (nSPS) is 10.7. The van der Waals surface area contributed by atoms with Gasteiger partial charge in [0.15, 0.2) is 6.61 Å². The van der Waals surface area contributed by atoms with Gasteiger partial charge in [0.05, 0.1) is 17.1 Å². The fourth-order valence-electron chi connectivity index (χ4n) is 2.51. The Balaban J connectivity index is 1.70. The van der Waals surface area contributed by atoms with Gasteiger partial charge in [-0.3, -0.25) is 4.79 Å². The Kier molecular flexibility index (Phi) is 5.54. The Bertz CT molecular complexity index is 947. The van der Waals surface area contributed by atoms with Crippen LogP contribution in [0.4, 0.5) is 0 Å². The SMILES string of the molecule is Cc1ccc(C(=O)COC(=O)c2c(C)nn(Cc3ccccc3)c2Cl)s1. The Hall–Kier alpha value is -2.44. The highest BCUT2D eigenvalue weighted by molar-refractivity contribution is 7.14. The molecule has 2 aromatic heterocycles. The van der Waals surface area contributed by atoms with Crippen molar-refractivity contribution in [3.8, 4) is 0 Å². The third-order valence-electron chi connectivity index (χ3n) is 3.79. The molecule has 0 fully saturated rings. The highest BCUT2D eigenvalue weighted by atomic mass is 35.5. The fourth-order valence-corrected chi connectivity index (χ4v) is 3.61. The molecule has 134 valence electrons. The number of benzene rings is 1. The van der Waals surface area contributed by atoms with Crippen molar-refractivity contribution in [1.82, 2.24) is 9.78 Å². The van der Waals surface area contributed by atoms with Gasteiger partial charge in [0, 0.05) is 4.88 Å². The number of aromatic nitrogens is 2. The number of carbonyl (C=O) groups excluding carboxylic acids is 2. The summed E-state index contributed by atoms with van der Waals surface area (Å²) in [7, 11) is 0. The molecule has 0 amide bonds. The zero-order valence-corrected chi connectivity index (χ0v) is 15.9. The second kappa shape index (κ2) is 7.85. The zero-order valence-electron chi connectivity index (χ0n) is 14.4. The van der Waals surface area contributed by atoms with Crippen molar-refractivity contribution < 1.29 is 14.3 Å². The highest BCUT2D eigenvalue weighted by Crippen LogP contribution is 2.22. The number of carbonyl (C=O) groups is 2. The maximum absolute atomic E-state index is 12.4. The molecule has 5 nitrogen and oxygen atoms in total. The van der Waals surface area contributed by atoms with Gasteiger partial charge in [0.2, 0.25) is 5.78 Å². The summed E-state index contributed by atoms with van der Waals surface area (Å²) in [6, 6.07) is 13.3. The summed E-state index contributed by atoms with van der Waals surface area (Å²) >= 11 is 7.70. The maximum atomic E-state index is 12.4. The minimum Gasteiger partial charge on any atom is -0.454 e. The van der Waals surface area contributed by atoms with E-state index in [-0.39, 0.29) is 23.1 Å². The van der Waals surface area contributed by atoms with Gasteiger partial charge in [0.1, 0.15) is 10.7 Å². The Labute approximate surface area is 160 Å². The van der Waals surface area contributed by atoms with E-state index in [2.05, 4.69) is 5.10 Å². The number of thiophene rings is 1. The summed E-state index contributed by atoms with van der Waals surface area (Å²) in [6.45, 7) is 3.73. The van der Waals surface area contributed by atoms with Gasteiger partial charge in [-0.05, 0) is 31.5 Å². The van der Waals surface area contributed by atoms with Crippen molar-refractivity contribution in [2.45, 2.75) is 20.4 Å². The van der Waals surface area contributed by atoms with Crippen LogP contribution in [0.3, 0.4) is 0 Å². The summed E-state index contributed by atoms with van der Waals surface area (Å²) in [5, 5.41) is 4.52. The average Bonchev–Trinajstić information content (AvgIpc) is 3.17. The van der Waals surface area contributed by atoms with Crippen LogP contribution in [-0.2, 0) is 11.3 Å². The molecule has 3 rings (SSSR count). The lowest BCUT2D eigenvalue weighted by Gasteiger charge is -2.05. The Morgan fingerprint density at radius 3 is 2.54 bits per heavy atom. The van der Waals surface area contributed by atoms with Crippen LogP contribution in [0.25, 0.3) is 0 Å². The van der Waals surface area contributed by atoms with Crippen LogP contribution in [0.5, 0.6) is 0 Å². The predicted octanol–water partition coefficient (Wildman–Crippen LogP) is 4.30. The van der Waals surface area contributed by atoms with Crippen molar-refractivity contribution in [3.05, 3.63) is 74.2 Å². The van der Waals surface area contributed by atoms with E-state index in [1.165, 1.54) is 11.3 Å². The van der Waals surface area contributed by atoms with Crippen LogP contribution in [0.15, 0.2) is 42.5 Å². The first-order valence-corrected chi connectivity index (χ1v) is 9.18. The van der Waals surface area contributed by atoms with Crippen LogP contribution >= 0.6 is 22.9 Å². The molecule has 0 aliphatic carbocycles. The van der Waals surface area contributed by atoms with Crippen molar-refractivity contribution in [2.24, 2.45) is 0 Å². The minimum atomic E-state index is -0.645. The third-order valence-corrected chi connectivity index (χ3v) is 5.22. The highest BCUT2D eigenvalue weighted by Gasteiger charge is 2.23. The molecule has 0 aliphatic rings. The molecule has 0 aliphatic heterocycles. The quantitative estimate of drug-likeness (QED) is 0.466. The molecular weight excluding hydrogens is 372 g/mol. The van der Waals surface area contributed by atoms with E-state index in [1.54, 1.807) is 17.7 Å². The topological polar surface area (TPSA) is 61.2 Å². The molecule has 0 unspecified atom stereocenters. The van der Waals surface area contributed by atoms with E-state index in [9.17, 15) is 9.59 Å². The first-order valence-electron chi connectivity index (χ1n) is 7.99. The summed E-state index contributed by atoms with van der Waals surface area (Å²) in [5.41, 5.74) is 1.67. The summed E-state index contributed by atoms with van der Waals surface area (Å²) < 4.78 is 6.71. The molecule has 2 heterocycles. The van der Waals surface area contributed by atoms with Crippen LogP contribution in [0.1, 0.15) is 36.2 Å². The number of hydrogen-bond acceptors (Lipinski definition) is 5. The zero-order chi connectivity index (χ0) is 18.7. The molecule has 26 heavy (non-hydrogen) atoms. The van der Waals surface area contributed by atoms with Crippen molar-refractivity contribution >= 4 is 34.7 Å². The number of rotatable bonds is 6. The number of aryl methyl sites for hydroxylation is 2. The average molecular weight is 389 g/mol.